The number of fused-ring (bicyclic) bond motifs is 1. The molecule has 9 heteroatoms. The molecule has 0 saturated carbocycles. The first-order chi connectivity index (χ1) is 16.5. The summed E-state index contributed by atoms with van der Waals surface area (Å²) in [6, 6.07) is 13.7. The van der Waals surface area contributed by atoms with E-state index in [1.54, 1.807) is 18.2 Å². The van der Waals surface area contributed by atoms with Crippen molar-refractivity contribution in [2.75, 3.05) is 0 Å². The number of carbonyl (C=O) groups excluding carboxylic acids is 2. The first-order valence-electron chi connectivity index (χ1n) is 11.5. The topological polar surface area (TPSA) is 118 Å². The second kappa shape index (κ2) is 11.6. The molecule has 1 heterocycles. The molecule has 3 unspecified atom stereocenters. The minimum Gasteiger partial charge on any atom is -0.391 e. The van der Waals surface area contributed by atoms with Crippen molar-refractivity contribution in [2.45, 2.75) is 62.2 Å². The van der Waals surface area contributed by atoms with Crippen LogP contribution in [0, 0.1) is 5.92 Å². The summed E-state index contributed by atoms with van der Waals surface area (Å²) in [5.41, 5.74) is 6.22. The molecule has 186 valence electrons. The summed E-state index contributed by atoms with van der Waals surface area (Å²) in [4.78, 5) is 34.4. The number of aliphatic hydroxyl groups excluding tert-OH is 1. The zero-order valence-electron chi connectivity index (χ0n) is 19.8. The smallest absolute Gasteiger partial charge is 0.271 e. The molecule has 3 atom stereocenters. The van der Waals surface area contributed by atoms with Crippen molar-refractivity contribution < 1.29 is 19.1 Å². The number of amides is 2. The monoisotopic (exact) mass is 498 g/mol. The van der Waals surface area contributed by atoms with Crippen LogP contribution in [0.15, 0.2) is 59.6 Å². The number of nitrogens with zero attached hydrogens (tertiary/aromatic N) is 2. The van der Waals surface area contributed by atoms with Gasteiger partial charge in [0, 0.05) is 10.8 Å². The van der Waals surface area contributed by atoms with E-state index in [-0.39, 0.29) is 31.4 Å². The van der Waals surface area contributed by atoms with E-state index in [0.29, 0.717) is 15.9 Å². The van der Waals surface area contributed by atoms with Crippen LogP contribution in [0.25, 0.3) is 11.0 Å². The number of thiol groups is 1. The fraction of sp³-hybridized carbons (Fsp3) is 0.385. The molecule has 3 rings (SSSR count). The van der Waals surface area contributed by atoms with Gasteiger partial charge in [0.25, 0.3) is 5.91 Å². The molecule has 0 aliphatic rings. The van der Waals surface area contributed by atoms with Gasteiger partial charge in [-0.05, 0) is 63.3 Å². The van der Waals surface area contributed by atoms with Gasteiger partial charge in [-0.25, -0.2) is 9.37 Å². The highest BCUT2D eigenvalue weighted by Gasteiger charge is 2.30. The van der Waals surface area contributed by atoms with E-state index in [2.05, 4.69) is 27.9 Å². The van der Waals surface area contributed by atoms with Crippen molar-refractivity contribution in [1.82, 2.24) is 15.3 Å². The van der Waals surface area contributed by atoms with Gasteiger partial charge in [-0.3, -0.25) is 14.6 Å². The molecular formula is C26H31FN4O3S. The van der Waals surface area contributed by atoms with Crippen molar-refractivity contribution >= 4 is 35.5 Å². The minimum atomic E-state index is -1.47. The van der Waals surface area contributed by atoms with Crippen LogP contribution < -0.4 is 11.1 Å². The number of hydrogen-bond donors (Lipinski definition) is 4. The van der Waals surface area contributed by atoms with E-state index in [1.807, 2.05) is 30.3 Å². The fourth-order valence-corrected chi connectivity index (χ4v) is 4.11. The number of primary amides is 1. The molecule has 0 radical (unpaired) electrons. The third kappa shape index (κ3) is 7.73. The Bertz CT molecular complexity index is 1180. The lowest BCUT2D eigenvalue weighted by Crippen LogP contribution is -2.46. The second-order valence-electron chi connectivity index (χ2n) is 9.32. The van der Waals surface area contributed by atoms with Gasteiger partial charge in [0.1, 0.15) is 11.4 Å². The Hall–Kier alpha value is -3.04. The number of alkyl halides is 1. The van der Waals surface area contributed by atoms with Crippen LogP contribution in [0.3, 0.4) is 0 Å². The number of carbonyl (C=O) groups is 2. The molecule has 3 aromatic rings. The molecular weight excluding hydrogens is 467 g/mol. The Morgan fingerprint density at radius 2 is 1.80 bits per heavy atom. The highest BCUT2D eigenvalue weighted by molar-refractivity contribution is 7.80. The quantitative estimate of drug-likeness (QED) is 0.301. The van der Waals surface area contributed by atoms with E-state index in [1.165, 1.54) is 20.0 Å². The highest BCUT2D eigenvalue weighted by atomic mass is 32.1. The Morgan fingerprint density at radius 1 is 1.14 bits per heavy atom. The third-order valence-corrected chi connectivity index (χ3v) is 6.35. The van der Waals surface area contributed by atoms with Gasteiger partial charge in [-0.15, -0.1) is 12.6 Å². The summed E-state index contributed by atoms with van der Waals surface area (Å²) < 4.78 is 14.0. The number of nitrogens with two attached hydrogens (primary N) is 1. The van der Waals surface area contributed by atoms with E-state index in [9.17, 15) is 19.1 Å². The number of aromatic nitrogens is 2. The van der Waals surface area contributed by atoms with Crippen LogP contribution in [-0.2, 0) is 11.2 Å². The van der Waals surface area contributed by atoms with E-state index in [0.717, 1.165) is 5.56 Å². The van der Waals surface area contributed by atoms with Crippen molar-refractivity contribution in [2.24, 2.45) is 11.7 Å². The lowest BCUT2D eigenvalue weighted by atomic mass is 9.88. The van der Waals surface area contributed by atoms with Crippen LogP contribution in [0.5, 0.6) is 0 Å². The van der Waals surface area contributed by atoms with E-state index >= 15 is 0 Å². The summed E-state index contributed by atoms with van der Waals surface area (Å²) in [5, 5.41) is 13.9. The zero-order chi connectivity index (χ0) is 25.6. The normalized spacial score (nSPS) is 14.3. The second-order valence-corrected chi connectivity index (χ2v) is 9.80. The van der Waals surface area contributed by atoms with Crippen molar-refractivity contribution in [3.05, 3.63) is 66.0 Å². The van der Waals surface area contributed by atoms with Gasteiger partial charge in [0.2, 0.25) is 5.91 Å². The maximum Gasteiger partial charge on any atom is 0.271 e. The minimum absolute atomic E-state index is 0.0193. The summed E-state index contributed by atoms with van der Waals surface area (Å²) in [5.74, 6) is -1.87. The van der Waals surface area contributed by atoms with Crippen molar-refractivity contribution in [1.29, 1.82) is 0 Å². The van der Waals surface area contributed by atoms with Crippen LogP contribution in [0.4, 0.5) is 4.39 Å². The lowest BCUT2D eigenvalue weighted by Gasteiger charge is -2.28. The molecule has 0 aliphatic carbocycles. The Balaban J connectivity index is 1.82. The van der Waals surface area contributed by atoms with Crippen LogP contribution >= 0.6 is 12.6 Å². The predicted octanol–water partition coefficient (Wildman–Crippen LogP) is 3.64. The highest BCUT2D eigenvalue weighted by Crippen LogP contribution is 2.25. The van der Waals surface area contributed by atoms with Crippen LogP contribution in [-0.4, -0.2) is 44.7 Å². The molecule has 7 nitrogen and oxygen atoms in total. The number of aliphatic hydroxyl groups is 1. The lowest BCUT2D eigenvalue weighted by molar-refractivity contribution is -0.123. The predicted molar refractivity (Wildman–Crippen MR) is 136 cm³/mol. The zero-order valence-corrected chi connectivity index (χ0v) is 20.7. The number of para-hydroxylation sites is 2. The van der Waals surface area contributed by atoms with Crippen molar-refractivity contribution in [3.8, 4) is 0 Å². The van der Waals surface area contributed by atoms with Gasteiger partial charge in [-0.2, -0.15) is 0 Å². The molecule has 1 aromatic heterocycles. The van der Waals surface area contributed by atoms with E-state index in [4.69, 9.17) is 5.73 Å². The number of rotatable bonds is 11. The Kier molecular flexibility index (Phi) is 8.80. The van der Waals surface area contributed by atoms with Gasteiger partial charge in [0.15, 0.2) is 0 Å². The Morgan fingerprint density at radius 3 is 2.46 bits per heavy atom. The number of benzene rings is 2. The fourth-order valence-electron chi connectivity index (χ4n) is 3.86. The summed E-state index contributed by atoms with van der Waals surface area (Å²) in [6.45, 7) is 2.86. The van der Waals surface area contributed by atoms with E-state index < -0.39 is 35.5 Å². The molecule has 0 spiro atoms. The summed E-state index contributed by atoms with van der Waals surface area (Å²) in [7, 11) is 0. The Labute approximate surface area is 209 Å². The maximum absolute atomic E-state index is 14.0. The number of halogens is 1. The third-order valence-electron chi connectivity index (χ3n) is 5.91. The van der Waals surface area contributed by atoms with Gasteiger partial charge in [0.05, 0.1) is 29.4 Å². The standard InChI is InChI=1S/C26H31FN4O3S/c1-26(2,27)12-11-17(24(28)33)14-22(32)20(13-16-7-3-6-10-23(16)35)31-25(34)21-15-29-18-8-4-5-9-19(18)30-21/h3-10,15,17,20,22,32,35H,11-14H2,1-2H3,(H2,28,33)(H,31,34). The van der Waals surface area contributed by atoms with Gasteiger partial charge < -0.3 is 16.2 Å². The number of hydrogen-bond acceptors (Lipinski definition) is 6. The van der Waals surface area contributed by atoms with Crippen LogP contribution in [0.1, 0.15) is 49.2 Å². The van der Waals surface area contributed by atoms with Gasteiger partial charge >= 0.3 is 0 Å². The molecule has 2 amide bonds. The van der Waals surface area contributed by atoms with Gasteiger partial charge in [-0.1, -0.05) is 30.3 Å². The molecule has 0 bridgehead atoms. The van der Waals surface area contributed by atoms with Crippen molar-refractivity contribution in [3.63, 3.8) is 0 Å². The largest absolute Gasteiger partial charge is 0.391 e. The average Bonchev–Trinajstić information content (AvgIpc) is 2.81. The molecule has 35 heavy (non-hydrogen) atoms. The molecule has 0 fully saturated rings. The SMILES string of the molecule is CC(C)(F)CCC(CC(O)C(Cc1ccccc1S)NC(=O)c1cnc2ccccc2n1)C(N)=O. The molecule has 0 aliphatic heterocycles. The molecule has 2 aromatic carbocycles. The summed E-state index contributed by atoms with van der Waals surface area (Å²) in [6.07, 6.45) is 0.804. The molecule has 4 N–H and O–H groups in total. The average molecular weight is 499 g/mol. The molecule has 0 saturated heterocycles. The maximum atomic E-state index is 14.0. The first-order valence-corrected chi connectivity index (χ1v) is 11.9. The first kappa shape index (κ1) is 26.6. The summed E-state index contributed by atoms with van der Waals surface area (Å²) >= 11 is 4.48. The number of nitrogens with one attached hydrogen (secondary N) is 1. The van der Waals surface area contributed by atoms with Crippen LogP contribution in [0.2, 0.25) is 0 Å².